The molecule has 2 aromatic rings. The summed E-state index contributed by atoms with van der Waals surface area (Å²) in [6.07, 6.45) is 4.86. The van der Waals surface area contributed by atoms with E-state index in [9.17, 15) is 0 Å². The van der Waals surface area contributed by atoms with E-state index in [4.69, 9.17) is 17.3 Å². The van der Waals surface area contributed by atoms with Crippen molar-refractivity contribution in [1.29, 1.82) is 0 Å². The SMILES string of the molecule is NCc1cn(CCN2CCCC2)c2cc(Cl)ccc12. The van der Waals surface area contributed by atoms with Crippen LogP contribution in [-0.2, 0) is 13.1 Å². The highest BCUT2D eigenvalue weighted by Gasteiger charge is 2.13. The Labute approximate surface area is 118 Å². The van der Waals surface area contributed by atoms with E-state index < -0.39 is 0 Å². The lowest BCUT2D eigenvalue weighted by molar-refractivity contribution is 0.324. The van der Waals surface area contributed by atoms with Gasteiger partial charge in [0.2, 0.25) is 0 Å². The van der Waals surface area contributed by atoms with Crippen molar-refractivity contribution in [3.63, 3.8) is 0 Å². The maximum atomic E-state index is 6.12. The maximum Gasteiger partial charge on any atom is 0.0499 e. The van der Waals surface area contributed by atoms with Crippen LogP contribution in [0.1, 0.15) is 18.4 Å². The number of hydrogen-bond donors (Lipinski definition) is 1. The van der Waals surface area contributed by atoms with E-state index in [0.29, 0.717) is 6.54 Å². The molecule has 1 aliphatic rings. The van der Waals surface area contributed by atoms with Crippen LogP contribution in [0.15, 0.2) is 24.4 Å². The predicted octanol–water partition coefficient (Wildman–Crippen LogP) is 2.85. The molecule has 1 fully saturated rings. The van der Waals surface area contributed by atoms with Crippen molar-refractivity contribution in [1.82, 2.24) is 9.47 Å². The molecule has 0 aliphatic carbocycles. The monoisotopic (exact) mass is 277 g/mol. The number of fused-ring (bicyclic) bond motifs is 1. The molecule has 0 atom stereocenters. The number of nitrogens with zero attached hydrogens (tertiary/aromatic N) is 2. The van der Waals surface area contributed by atoms with Crippen molar-refractivity contribution in [3.05, 3.63) is 35.0 Å². The van der Waals surface area contributed by atoms with E-state index in [1.54, 1.807) is 0 Å². The van der Waals surface area contributed by atoms with E-state index in [2.05, 4.69) is 21.7 Å². The molecule has 3 rings (SSSR count). The number of hydrogen-bond acceptors (Lipinski definition) is 2. The first kappa shape index (κ1) is 13.0. The molecule has 1 saturated heterocycles. The van der Waals surface area contributed by atoms with Gasteiger partial charge in [-0.3, -0.25) is 0 Å². The van der Waals surface area contributed by atoms with Gasteiger partial charge >= 0.3 is 0 Å². The van der Waals surface area contributed by atoms with Gasteiger partial charge in [-0.15, -0.1) is 0 Å². The first-order valence-corrected chi connectivity index (χ1v) is 7.35. The lowest BCUT2D eigenvalue weighted by Gasteiger charge is -2.15. The minimum Gasteiger partial charge on any atom is -0.346 e. The molecular weight excluding hydrogens is 258 g/mol. The van der Waals surface area contributed by atoms with Crippen molar-refractivity contribution in [2.45, 2.75) is 25.9 Å². The Balaban J connectivity index is 1.86. The van der Waals surface area contributed by atoms with Crippen LogP contribution in [0.2, 0.25) is 5.02 Å². The molecule has 0 amide bonds. The Morgan fingerprint density at radius 2 is 1.95 bits per heavy atom. The van der Waals surface area contributed by atoms with Crippen LogP contribution in [0.5, 0.6) is 0 Å². The van der Waals surface area contributed by atoms with E-state index in [-0.39, 0.29) is 0 Å². The van der Waals surface area contributed by atoms with E-state index >= 15 is 0 Å². The second kappa shape index (κ2) is 5.53. The fraction of sp³-hybridized carbons (Fsp3) is 0.467. The molecule has 0 spiro atoms. The topological polar surface area (TPSA) is 34.2 Å². The molecule has 102 valence electrons. The Morgan fingerprint density at radius 1 is 1.16 bits per heavy atom. The predicted molar refractivity (Wildman–Crippen MR) is 80.5 cm³/mol. The molecule has 0 unspecified atom stereocenters. The molecule has 1 aromatic carbocycles. The summed E-state index contributed by atoms with van der Waals surface area (Å²) in [6, 6.07) is 6.06. The first-order valence-electron chi connectivity index (χ1n) is 6.97. The van der Waals surface area contributed by atoms with Gasteiger partial charge < -0.3 is 15.2 Å². The number of nitrogens with two attached hydrogens (primary N) is 1. The average molecular weight is 278 g/mol. The number of aromatic nitrogens is 1. The molecule has 2 N–H and O–H groups in total. The van der Waals surface area contributed by atoms with Crippen LogP contribution in [0.3, 0.4) is 0 Å². The number of rotatable bonds is 4. The second-order valence-corrected chi connectivity index (χ2v) is 5.70. The van der Waals surface area contributed by atoms with Crippen LogP contribution in [0, 0.1) is 0 Å². The van der Waals surface area contributed by atoms with Crippen LogP contribution < -0.4 is 5.73 Å². The van der Waals surface area contributed by atoms with E-state index in [1.165, 1.54) is 42.4 Å². The molecule has 1 aromatic heterocycles. The summed E-state index contributed by atoms with van der Waals surface area (Å²) in [5.41, 5.74) is 8.23. The molecular formula is C15H20ClN3. The highest BCUT2D eigenvalue weighted by molar-refractivity contribution is 6.31. The van der Waals surface area contributed by atoms with Crippen molar-refractivity contribution >= 4 is 22.5 Å². The smallest absolute Gasteiger partial charge is 0.0499 e. The zero-order valence-corrected chi connectivity index (χ0v) is 11.9. The maximum absolute atomic E-state index is 6.12. The summed E-state index contributed by atoms with van der Waals surface area (Å²) in [7, 11) is 0. The minimum atomic E-state index is 0.578. The van der Waals surface area contributed by atoms with Crippen molar-refractivity contribution in [2.75, 3.05) is 19.6 Å². The Morgan fingerprint density at radius 3 is 2.68 bits per heavy atom. The molecule has 4 heteroatoms. The summed E-state index contributed by atoms with van der Waals surface area (Å²) < 4.78 is 2.29. The van der Waals surface area contributed by atoms with Gasteiger partial charge in [0, 0.05) is 41.8 Å². The molecule has 3 nitrogen and oxygen atoms in total. The Kier molecular flexibility index (Phi) is 3.78. The molecule has 0 bridgehead atoms. The summed E-state index contributed by atoms with van der Waals surface area (Å²) in [6.45, 7) is 5.18. The number of likely N-dealkylation sites (tertiary alicyclic amines) is 1. The van der Waals surface area contributed by atoms with Gasteiger partial charge in [0.25, 0.3) is 0 Å². The summed E-state index contributed by atoms with van der Waals surface area (Å²) in [5, 5.41) is 2.02. The fourth-order valence-electron chi connectivity index (χ4n) is 2.94. The summed E-state index contributed by atoms with van der Waals surface area (Å²) >= 11 is 6.12. The fourth-order valence-corrected chi connectivity index (χ4v) is 3.11. The van der Waals surface area contributed by atoms with Gasteiger partial charge in [-0.25, -0.2) is 0 Å². The first-order chi connectivity index (χ1) is 9.28. The normalized spacial score (nSPS) is 16.5. The Bertz CT molecular complexity index is 570. The number of halogens is 1. The van der Waals surface area contributed by atoms with Crippen molar-refractivity contribution < 1.29 is 0 Å². The molecule has 19 heavy (non-hydrogen) atoms. The van der Waals surface area contributed by atoms with Gasteiger partial charge in [-0.05, 0) is 43.6 Å². The van der Waals surface area contributed by atoms with Crippen molar-refractivity contribution in [2.24, 2.45) is 5.73 Å². The van der Waals surface area contributed by atoms with Gasteiger partial charge in [0.05, 0.1) is 0 Å². The highest BCUT2D eigenvalue weighted by Crippen LogP contribution is 2.24. The molecule has 2 heterocycles. The van der Waals surface area contributed by atoms with E-state index in [0.717, 1.165) is 18.1 Å². The lowest BCUT2D eigenvalue weighted by atomic mass is 10.2. The van der Waals surface area contributed by atoms with Crippen LogP contribution >= 0.6 is 11.6 Å². The highest BCUT2D eigenvalue weighted by atomic mass is 35.5. The minimum absolute atomic E-state index is 0.578. The van der Waals surface area contributed by atoms with Crippen molar-refractivity contribution in [3.8, 4) is 0 Å². The molecule has 1 aliphatic heterocycles. The third-order valence-corrected chi connectivity index (χ3v) is 4.24. The zero-order valence-electron chi connectivity index (χ0n) is 11.1. The molecule has 0 radical (unpaired) electrons. The Hall–Kier alpha value is -1.03. The third-order valence-electron chi connectivity index (χ3n) is 4.00. The van der Waals surface area contributed by atoms with E-state index in [1.807, 2.05) is 12.1 Å². The summed E-state index contributed by atoms with van der Waals surface area (Å²) in [4.78, 5) is 2.53. The van der Waals surface area contributed by atoms with Gasteiger partial charge in [-0.2, -0.15) is 0 Å². The van der Waals surface area contributed by atoms with Gasteiger partial charge in [0.1, 0.15) is 0 Å². The third kappa shape index (κ3) is 2.64. The van der Waals surface area contributed by atoms with Crippen LogP contribution in [0.4, 0.5) is 0 Å². The van der Waals surface area contributed by atoms with Crippen LogP contribution in [0.25, 0.3) is 10.9 Å². The van der Waals surface area contributed by atoms with Gasteiger partial charge in [-0.1, -0.05) is 17.7 Å². The standard InChI is InChI=1S/C15H20ClN3/c16-13-3-4-14-12(10-17)11-19(15(14)9-13)8-7-18-5-1-2-6-18/h3-4,9,11H,1-2,5-8,10,17H2. The lowest BCUT2D eigenvalue weighted by Crippen LogP contribution is -2.23. The average Bonchev–Trinajstić information content (AvgIpc) is 3.03. The summed E-state index contributed by atoms with van der Waals surface area (Å²) in [5.74, 6) is 0. The van der Waals surface area contributed by atoms with Gasteiger partial charge in [0.15, 0.2) is 0 Å². The molecule has 0 saturated carbocycles. The number of benzene rings is 1. The largest absolute Gasteiger partial charge is 0.346 e. The second-order valence-electron chi connectivity index (χ2n) is 5.26. The quantitative estimate of drug-likeness (QED) is 0.932. The van der Waals surface area contributed by atoms with Crippen LogP contribution in [-0.4, -0.2) is 29.1 Å². The zero-order chi connectivity index (χ0) is 13.2.